The van der Waals surface area contributed by atoms with Crippen LogP contribution in [0.15, 0.2) is 24.3 Å². The zero-order chi connectivity index (χ0) is 10.3. The van der Waals surface area contributed by atoms with Crippen molar-refractivity contribution in [1.82, 2.24) is 0 Å². The number of aryl methyl sites for hydroxylation is 1. The maximum atomic E-state index is 6.07. The minimum absolute atomic E-state index is 0.423. The molecule has 0 spiro atoms. The number of halogens is 2. The molecule has 2 atom stereocenters. The molecule has 1 aliphatic rings. The number of rotatable bonds is 2. The Morgan fingerprint density at radius 1 is 1.36 bits per heavy atom. The van der Waals surface area contributed by atoms with Crippen molar-refractivity contribution in [3.05, 3.63) is 35.4 Å². The van der Waals surface area contributed by atoms with Gasteiger partial charge in [0.2, 0.25) is 0 Å². The van der Waals surface area contributed by atoms with Crippen LogP contribution in [0.2, 0.25) is 0 Å². The monoisotopic (exact) mass is 228 g/mol. The second kappa shape index (κ2) is 3.43. The van der Waals surface area contributed by atoms with Gasteiger partial charge in [0.1, 0.15) is 4.33 Å². The largest absolute Gasteiger partial charge is 0.122 e. The minimum atomic E-state index is -0.471. The van der Waals surface area contributed by atoms with Crippen LogP contribution in [0.25, 0.3) is 0 Å². The van der Waals surface area contributed by atoms with E-state index in [0.29, 0.717) is 11.8 Å². The van der Waals surface area contributed by atoms with Crippen LogP contribution in [0.1, 0.15) is 30.4 Å². The fraction of sp³-hybridized carbons (Fsp3) is 0.500. The van der Waals surface area contributed by atoms with Crippen LogP contribution in [0.5, 0.6) is 0 Å². The molecule has 0 saturated heterocycles. The van der Waals surface area contributed by atoms with E-state index < -0.39 is 4.33 Å². The summed E-state index contributed by atoms with van der Waals surface area (Å²) >= 11 is 12.1. The summed E-state index contributed by atoms with van der Waals surface area (Å²) in [5.74, 6) is 0.887. The summed E-state index contributed by atoms with van der Waals surface area (Å²) in [6.45, 7) is 4.35. The van der Waals surface area contributed by atoms with Crippen LogP contribution < -0.4 is 0 Å². The summed E-state index contributed by atoms with van der Waals surface area (Å²) < 4.78 is -0.471. The topological polar surface area (TPSA) is 0 Å². The lowest BCUT2D eigenvalue weighted by Gasteiger charge is -2.14. The normalized spacial score (nSPS) is 25.9. The molecular weight excluding hydrogens is 215 g/mol. The minimum Gasteiger partial charge on any atom is -0.101 e. The molecule has 2 unspecified atom stereocenters. The molecule has 14 heavy (non-hydrogen) atoms. The average molecular weight is 229 g/mol. The average Bonchev–Trinajstić information content (AvgIpc) is 2.75. The molecule has 0 radical (unpaired) electrons. The van der Waals surface area contributed by atoms with E-state index in [-0.39, 0.29) is 0 Å². The van der Waals surface area contributed by atoms with E-state index in [1.54, 1.807) is 0 Å². The summed E-state index contributed by atoms with van der Waals surface area (Å²) in [4.78, 5) is 0. The second-order valence-corrected chi connectivity index (χ2v) is 5.76. The molecule has 0 aliphatic heterocycles. The Hall–Kier alpha value is -0.200. The maximum absolute atomic E-state index is 6.07. The van der Waals surface area contributed by atoms with Gasteiger partial charge in [0, 0.05) is 5.92 Å². The highest BCUT2D eigenvalue weighted by Crippen LogP contribution is 2.59. The summed E-state index contributed by atoms with van der Waals surface area (Å²) in [5, 5.41) is 0. The molecule has 1 saturated carbocycles. The first-order chi connectivity index (χ1) is 6.52. The SMILES string of the molecule is Cc1ccccc1C(C)C1CC1(Cl)Cl. The molecule has 0 aromatic heterocycles. The van der Waals surface area contributed by atoms with Crippen molar-refractivity contribution < 1.29 is 0 Å². The number of benzene rings is 1. The van der Waals surface area contributed by atoms with E-state index in [4.69, 9.17) is 23.2 Å². The maximum Gasteiger partial charge on any atom is 0.122 e. The lowest BCUT2D eigenvalue weighted by Crippen LogP contribution is -2.03. The molecular formula is C12H14Cl2. The van der Waals surface area contributed by atoms with Crippen LogP contribution >= 0.6 is 23.2 Å². The van der Waals surface area contributed by atoms with Crippen LogP contribution in [-0.4, -0.2) is 4.33 Å². The smallest absolute Gasteiger partial charge is 0.101 e. The van der Waals surface area contributed by atoms with Crippen molar-refractivity contribution in [2.75, 3.05) is 0 Å². The molecule has 0 amide bonds. The highest BCUT2D eigenvalue weighted by atomic mass is 35.5. The predicted octanol–water partition coefficient (Wildman–Crippen LogP) is 4.29. The summed E-state index contributed by atoms with van der Waals surface area (Å²) in [6.07, 6.45) is 0.922. The Morgan fingerprint density at radius 3 is 2.43 bits per heavy atom. The molecule has 1 fully saturated rings. The summed E-state index contributed by atoms with van der Waals surface area (Å²) in [5.41, 5.74) is 2.71. The van der Waals surface area contributed by atoms with Crippen molar-refractivity contribution in [2.24, 2.45) is 5.92 Å². The van der Waals surface area contributed by atoms with Crippen LogP contribution in [0, 0.1) is 12.8 Å². The van der Waals surface area contributed by atoms with Gasteiger partial charge in [-0.15, -0.1) is 23.2 Å². The first-order valence-electron chi connectivity index (χ1n) is 4.96. The van der Waals surface area contributed by atoms with Gasteiger partial charge in [-0.05, 0) is 30.4 Å². The molecule has 2 heteroatoms. The molecule has 76 valence electrons. The fourth-order valence-corrected chi connectivity index (χ4v) is 2.80. The zero-order valence-electron chi connectivity index (χ0n) is 8.43. The van der Waals surface area contributed by atoms with E-state index >= 15 is 0 Å². The molecule has 1 aromatic rings. The zero-order valence-corrected chi connectivity index (χ0v) is 9.94. The van der Waals surface area contributed by atoms with Crippen LogP contribution in [0.3, 0.4) is 0 Å². The Bertz CT molecular complexity index is 344. The van der Waals surface area contributed by atoms with Crippen molar-refractivity contribution in [1.29, 1.82) is 0 Å². The number of alkyl halides is 2. The van der Waals surface area contributed by atoms with Gasteiger partial charge in [-0.25, -0.2) is 0 Å². The first kappa shape index (κ1) is 10.3. The third kappa shape index (κ3) is 1.78. The lowest BCUT2D eigenvalue weighted by molar-refractivity contribution is 0.653. The van der Waals surface area contributed by atoms with E-state index in [9.17, 15) is 0 Å². The third-order valence-corrected chi connectivity index (χ3v) is 4.03. The van der Waals surface area contributed by atoms with Gasteiger partial charge in [0.15, 0.2) is 0 Å². The predicted molar refractivity (Wildman–Crippen MR) is 62.1 cm³/mol. The van der Waals surface area contributed by atoms with Crippen molar-refractivity contribution in [3.63, 3.8) is 0 Å². The highest BCUT2D eigenvalue weighted by molar-refractivity contribution is 6.50. The van der Waals surface area contributed by atoms with Crippen LogP contribution in [0.4, 0.5) is 0 Å². The fourth-order valence-electron chi connectivity index (χ4n) is 2.09. The van der Waals surface area contributed by atoms with E-state index in [1.165, 1.54) is 11.1 Å². The van der Waals surface area contributed by atoms with Gasteiger partial charge in [0.25, 0.3) is 0 Å². The summed E-state index contributed by atoms with van der Waals surface area (Å²) in [7, 11) is 0. The molecule has 2 rings (SSSR count). The molecule has 1 aromatic carbocycles. The Labute approximate surface area is 95.2 Å². The van der Waals surface area contributed by atoms with Gasteiger partial charge >= 0.3 is 0 Å². The van der Waals surface area contributed by atoms with Crippen LogP contribution in [-0.2, 0) is 0 Å². The molecule has 0 bridgehead atoms. The molecule has 0 heterocycles. The third-order valence-electron chi connectivity index (χ3n) is 3.16. The van der Waals surface area contributed by atoms with Gasteiger partial charge in [0.05, 0.1) is 0 Å². The summed E-state index contributed by atoms with van der Waals surface area (Å²) in [6, 6.07) is 8.44. The van der Waals surface area contributed by atoms with Gasteiger partial charge < -0.3 is 0 Å². The molecule has 0 nitrogen and oxygen atoms in total. The van der Waals surface area contributed by atoms with Gasteiger partial charge in [-0.2, -0.15) is 0 Å². The van der Waals surface area contributed by atoms with E-state index in [1.807, 2.05) is 0 Å². The number of hydrogen-bond donors (Lipinski definition) is 0. The lowest BCUT2D eigenvalue weighted by atomic mass is 9.92. The number of hydrogen-bond acceptors (Lipinski definition) is 0. The Morgan fingerprint density at radius 2 is 1.93 bits per heavy atom. The Kier molecular flexibility index (Phi) is 2.53. The van der Waals surface area contributed by atoms with Crippen molar-refractivity contribution in [2.45, 2.75) is 30.5 Å². The Balaban J connectivity index is 2.21. The van der Waals surface area contributed by atoms with Gasteiger partial charge in [-0.3, -0.25) is 0 Å². The van der Waals surface area contributed by atoms with Crippen molar-refractivity contribution in [3.8, 4) is 0 Å². The van der Waals surface area contributed by atoms with Crippen molar-refractivity contribution >= 4 is 23.2 Å². The van der Waals surface area contributed by atoms with E-state index in [2.05, 4.69) is 38.1 Å². The molecule has 1 aliphatic carbocycles. The molecule has 0 N–H and O–H groups in total. The quantitative estimate of drug-likeness (QED) is 0.663. The standard InChI is InChI=1S/C12H14Cl2/c1-8-5-3-4-6-10(8)9(2)11-7-12(11,13)14/h3-6,9,11H,7H2,1-2H3. The van der Waals surface area contributed by atoms with Gasteiger partial charge in [-0.1, -0.05) is 31.2 Å². The first-order valence-corrected chi connectivity index (χ1v) is 5.71. The van der Waals surface area contributed by atoms with E-state index in [0.717, 1.165) is 6.42 Å². The highest BCUT2D eigenvalue weighted by Gasteiger charge is 2.54. The second-order valence-electron chi connectivity index (χ2n) is 4.22.